The SMILES string of the molecule is CSC(=Nc1ccccc1F)c1ccc(OC(F)F)cn1. The molecular weight excluding hydrogens is 301 g/mol. The van der Waals surface area contributed by atoms with Crippen molar-refractivity contribution in [2.45, 2.75) is 6.61 Å². The first kappa shape index (κ1) is 15.4. The van der Waals surface area contributed by atoms with Crippen LogP contribution in [0.5, 0.6) is 5.75 Å². The van der Waals surface area contributed by atoms with Crippen LogP contribution >= 0.6 is 11.8 Å². The Labute approximate surface area is 123 Å². The summed E-state index contributed by atoms with van der Waals surface area (Å²) in [5.74, 6) is -0.484. The molecule has 0 aliphatic carbocycles. The van der Waals surface area contributed by atoms with E-state index in [9.17, 15) is 13.2 Å². The van der Waals surface area contributed by atoms with Crippen LogP contribution in [0.15, 0.2) is 47.6 Å². The van der Waals surface area contributed by atoms with Crippen molar-refractivity contribution >= 4 is 22.5 Å². The number of aliphatic imine (C=N–C) groups is 1. The van der Waals surface area contributed by atoms with Gasteiger partial charge in [0.25, 0.3) is 0 Å². The molecular formula is C14H11F3N2OS. The second-order valence-electron chi connectivity index (χ2n) is 3.83. The van der Waals surface area contributed by atoms with Crippen molar-refractivity contribution < 1.29 is 17.9 Å². The molecule has 0 bridgehead atoms. The van der Waals surface area contributed by atoms with Gasteiger partial charge < -0.3 is 4.74 Å². The maximum atomic E-state index is 13.6. The van der Waals surface area contributed by atoms with E-state index in [-0.39, 0.29) is 11.4 Å². The third-order valence-corrected chi connectivity index (χ3v) is 3.14. The molecule has 0 aliphatic heterocycles. The van der Waals surface area contributed by atoms with Crippen LogP contribution < -0.4 is 4.74 Å². The molecule has 0 saturated carbocycles. The van der Waals surface area contributed by atoms with Gasteiger partial charge in [-0.05, 0) is 30.5 Å². The van der Waals surface area contributed by atoms with Gasteiger partial charge in [0, 0.05) is 0 Å². The van der Waals surface area contributed by atoms with E-state index in [1.807, 2.05) is 0 Å². The molecule has 0 spiro atoms. The molecule has 0 radical (unpaired) electrons. The standard InChI is InChI=1S/C14H11F3N2OS/c1-21-13(19-11-5-3-2-4-10(11)15)12-7-6-9(8-18-12)20-14(16)17/h2-8,14H,1H3. The van der Waals surface area contributed by atoms with E-state index in [1.165, 1.54) is 36.2 Å². The van der Waals surface area contributed by atoms with E-state index in [2.05, 4.69) is 14.7 Å². The van der Waals surface area contributed by atoms with Crippen LogP contribution in [0.4, 0.5) is 18.9 Å². The van der Waals surface area contributed by atoms with Crippen molar-refractivity contribution in [3.8, 4) is 5.75 Å². The quantitative estimate of drug-likeness (QED) is 0.625. The average molecular weight is 312 g/mol. The summed E-state index contributed by atoms with van der Waals surface area (Å²) in [6, 6.07) is 8.95. The number of hydrogen-bond donors (Lipinski definition) is 0. The molecule has 0 N–H and O–H groups in total. The number of aromatic nitrogens is 1. The number of ether oxygens (including phenoxy) is 1. The minimum absolute atomic E-state index is 0.0416. The van der Waals surface area contributed by atoms with Crippen molar-refractivity contribution in [2.75, 3.05) is 6.26 Å². The van der Waals surface area contributed by atoms with Gasteiger partial charge in [-0.3, -0.25) is 4.98 Å². The smallest absolute Gasteiger partial charge is 0.387 e. The maximum Gasteiger partial charge on any atom is 0.387 e. The van der Waals surface area contributed by atoms with Gasteiger partial charge in [0.2, 0.25) is 0 Å². The van der Waals surface area contributed by atoms with Crippen molar-refractivity contribution in [1.82, 2.24) is 4.98 Å². The first-order chi connectivity index (χ1) is 10.1. The number of benzene rings is 1. The summed E-state index contributed by atoms with van der Waals surface area (Å²) in [6.45, 7) is -2.90. The second kappa shape index (κ2) is 7.12. The molecule has 3 nitrogen and oxygen atoms in total. The van der Waals surface area contributed by atoms with E-state index in [4.69, 9.17) is 0 Å². The highest BCUT2D eigenvalue weighted by Crippen LogP contribution is 2.22. The highest BCUT2D eigenvalue weighted by Gasteiger charge is 2.09. The Bertz CT molecular complexity index is 632. The molecule has 1 aromatic carbocycles. The molecule has 110 valence electrons. The molecule has 0 saturated heterocycles. The molecule has 2 rings (SSSR count). The average Bonchev–Trinajstić information content (AvgIpc) is 2.47. The Balaban J connectivity index is 2.27. The topological polar surface area (TPSA) is 34.5 Å². The minimum Gasteiger partial charge on any atom is -0.433 e. The summed E-state index contributed by atoms with van der Waals surface area (Å²) >= 11 is 1.28. The van der Waals surface area contributed by atoms with Crippen LogP contribution in [0.2, 0.25) is 0 Å². The summed E-state index contributed by atoms with van der Waals surface area (Å²) in [4.78, 5) is 8.19. The zero-order chi connectivity index (χ0) is 15.2. The molecule has 0 amide bonds. The Morgan fingerprint density at radius 1 is 1.24 bits per heavy atom. The van der Waals surface area contributed by atoms with Crippen LogP contribution in [0, 0.1) is 5.82 Å². The van der Waals surface area contributed by atoms with E-state index >= 15 is 0 Å². The van der Waals surface area contributed by atoms with E-state index in [0.29, 0.717) is 10.7 Å². The molecule has 1 heterocycles. The number of nitrogens with zero attached hydrogens (tertiary/aromatic N) is 2. The van der Waals surface area contributed by atoms with Gasteiger partial charge in [0.05, 0.1) is 11.9 Å². The Morgan fingerprint density at radius 3 is 2.57 bits per heavy atom. The van der Waals surface area contributed by atoms with E-state index in [0.717, 1.165) is 0 Å². The predicted octanol–water partition coefficient (Wildman–Crippen LogP) is 4.26. The summed E-state index contributed by atoms with van der Waals surface area (Å²) in [5.41, 5.74) is 0.643. The van der Waals surface area contributed by atoms with Crippen LogP contribution in [-0.2, 0) is 0 Å². The molecule has 0 unspecified atom stereocenters. The van der Waals surface area contributed by atoms with Crippen LogP contribution in [0.25, 0.3) is 0 Å². The highest BCUT2D eigenvalue weighted by molar-refractivity contribution is 8.13. The summed E-state index contributed by atoms with van der Waals surface area (Å²) < 4.78 is 41.9. The van der Waals surface area contributed by atoms with Crippen molar-refractivity contribution in [3.05, 3.63) is 54.1 Å². The zero-order valence-electron chi connectivity index (χ0n) is 11.0. The van der Waals surface area contributed by atoms with E-state index < -0.39 is 12.4 Å². The lowest BCUT2D eigenvalue weighted by molar-refractivity contribution is -0.0500. The number of rotatable bonds is 4. The minimum atomic E-state index is -2.90. The maximum absolute atomic E-state index is 13.6. The molecule has 21 heavy (non-hydrogen) atoms. The van der Waals surface area contributed by atoms with Gasteiger partial charge in [-0.1, -0.05) is 12.1 Å². The molecule has 0 aliphatic rings. The van der Waals surface area contributed by atoms with Gasteiger partial charge in [-0.25, -0.2) is 9.38 Å². The van der Waals surface area contributed by atoms with Crippen molar-refractivity contribution in [2.24, 2.45) is 4.99 Å². The summed E-state index contributed by atoms with van der Waals surface area (Å²) in [7, 11) is 0. The number of alkyl halides is 2. The Kier molecular flexibility index (Phi) is 5.21. The third-order valence-electron chi connectivity index (χ3n) is 2.45. The van der Waals surface area contributed by atoms with Crippen LogP contribution in [0.1, 0.15) is 5.69 Å². The Morgan fingerprint density at radius 2 is 2.00 bits per heavy atom. The second-order valence-corrected chi connectivity index (χ2v) is 4.63. The number of para-hydroxylation sites is 1. The van der Waals surface area contributed by atoms with Crippen LogP contribution in [-0.4, -0.2) is 22.9 Å². The lowest BCUT2D eigenvalue weighted by atomic mass is 10.3. The number of thioether (sulfide) groups is 1. The third kappa shape index (κ3) is 4.22. The molecule has 0 atom stereocenters. The fourth-order valence-corrected chi connectivity index (χ4v) is 2.06. The van der Waals surface area contributed by atoms with E-state index in [1.54, 1.807) is 24.5 Å². The lowest BCUT2D eigenvalue weighted by Gasteiger charge is -2.06. The van der Waals surface area contributed by atoms with Gasteiger partial charge in [0.15, 0.2) is 0 Å². The lowest BCUT2D eigenvalue weighted by Crippen LogP contribution is -2.04. The predicted molar refractivity (Wildman–Crippen MR) is 77.0 cm³/mol. The molecule has 1 aromatic heterocycles. The van der Waals surface area contributed by atoms with Gasteiger partial charge in [-0.2, -0.15) is 8.78 Å². The van der Waals surface area contributed by atoms with Crippen molar-refractivity contribution in [3.63, 3.8) is 0 Å². The normalized spacial score (nSPS) is 11.8. The first-order valence-corrected chi connectivity index (χ1v) is 7.11. The number of hydrogen-bond acceptors (Lipinski definition) is 4. The molecule has 7 heteroatoms. The number of halogens is 3. The fraction of sp³-hybridized carbons (Fsp3) is 0.143. The van der Waals surface area contributed by atoms with Gasteiger partial charge in [0.1, 0.15) is 22.3 Å². The zero-order valence-corrected chi connectivity index (χ0v) is 11.8. The summed E-state index contributed by atoms with van der Waals surface area (Å²) in [6.07, 6.45) is 2.94. The fourth-order valence-electron chi connectivity index (χ4n) is 1.54. The monoisotopic (exact) mass is 312 g/mol. The number of pyridine rings is 1. The molecule has 0 fully saturated rings. The molecule has 2 aromatic rings. The van der Waals surface area contributed by atoms with Gasteiger partial charge >= 0.3 is 6.61 Å². The first-order valence-electron chi connectivity index (χ1n) is 5.88. The highest BCUT2D eigenvalue weighted by atomic mass is 32.2. The van der Waals surface area contributed by atoms with Crippen LogP contribution in [0.3, 0.4) is 0 Å². The largest absolute Gasteiger partial charge is 0.433 e. The van der Waals surface area contributed by atoms with Crippen molar-refractivity contribution in [1.29, 1.82) is 0 Å². The summed E-state index contributed by atoms with van der Waals surface area (Å²) in [5, 5.41) is 0.476. The Hall–Kier alpha value is -2.02. The van der Waals surface area contributed by atoms with Gasteiger partial charge in [-0.15, -0.1) is 11.8 Å².